The van der Waals surface area contributed by atoms with Gasteiger partial charge in [0, 0.05) is 11.6 Å². The van der Waals surface area contributed by atoms with Gasteiger partial charge in [0.2, 0.25) is 0 Å². The predicted molar refractivity (Wildman–Crippen MR) is 88.9 cm³/mol. The van der Waals surface area contributed by atoms with E-state index < -0.39 is 0 Å². The monoisotopic (exact) mass is 362 g/mol. The smallest absolute Gasteiger partial charge is 0.175 e. The van der Waals surface area contributed by atoms with Crippen LogP contribution in [-0.4, -0.2) is 31.3 Å². The van der Waals surface area contributed by atoms with Crippen molar-refractivity contribution in [2.75, 3.05) is 21.3 Å². The Kier molecular flexibility index (Phi) is 3.94. The molecule has 0 unspecified atom stereocenters. The average Bonchev–Trinajstić information content (AvgIpc) is 2.96. The minimum Gasteiger partial charge on any atom is -0.497 e. The first kappa shape index (κ1) is 14.7. The summed E-state index contributed by atoms with van der Waals surface area (Å²) in [5.41, 5.74) is 2.68. The lowest BCUT2D eigenvalue weighted by molar-refractivity contribution is 0.353. The summed E-state index contributed by atoms with van der Waals surface area (Å²) in [6.45, 7) is 0. The van der Waals surface area contributed by atoms with Gasteiger partial charge in [0.25, 0.3) is 0 Å². The van der Waals surface area contributed by atoms with E-state index in [1.165, 1.54) is 0 Å². The molecule has 5 nitrogen and oxygen atoms in total. The van der Waals surface area contributed by atoms with Gasteiger partial charge in [-0.15, -0.1) is 0 Å². The first-order valence-electron chi connectivity index (χ1n) is 6.62. The van der Waals surface area contributed by atoms with E-state index in [1.807, 2.05) is 30.3 Å². The highest BCUT2D eigenvalue weighted by atomic mass is 79.9. The van der Waals surface area contributed by atoms with Crippen LogP contribution in [-0.2, 0) is 0 Å². The molecule has 0 fully saturated rings. The first-order chi connectivity index (χ1) is 10.7. The summed E-state index contributed by atoms with van der Waals surface area (Å²) < 4.78 is 16.7. The van der Waals surface area contributed by atoms with Crippen molar-refractivity contribution in [1.29, 1.82) is 0 Å². The summed E-state index contributed by atoms with van der Waals surface area (Å²) in [7, 11) is 4.86. The molecule has 3 rings (SSSR count). The molecule has 3 aromatic rings. The Bertz CT molecular complexity index is 830. The van der Waals surface area contributed by atoms with E-state index in [1.54, 1.807) is 21.3 Å². The zero-order valence-corrected chi connectivity index (χ0v) is 14.0. The number of hydrogen-bond acceptors (Lipinski definition) is 4. The Labute approximate surface area is 136 Å². The number of halogens is 1. The maximum Gasteiger partial charge on any atom is 0.175 e. The molecule has 1 heterocycles. The van der Waals surface area contributed by atoms with E-state index in [0.29, 0.717) is 11.5 Å². The molecule has 6 heteroatoms. The third-order valence-corrected chi connectivity index (χ3v) is 4.22. The van der Waals surface area contributed by atoms with Crippen molar-refractivity contribution in [3.63, 3.8) is 0 Å². The molecule has 0 spiro atoms. The highest BCUT2D eigenvalue weighted by molar-refractivity contribution is 9.10. The molecule has 22 heavy (non-hydrogen) atoms. The van der Waals surface area contributed by atoms with Crippen molar-refractivity contribution >= 4 is 27.0 Å². The zero-order chi connectivity index (χ0) is 15.7. The number of nitrogens with zero attached hydrogens (tertiary/aromatic N) is 1. The van der Waals surface area contributed by atoms with E-state index in [0.717, 1.165) is 32.6 Å². The second kappa shape index (κ2) is 5.88. The number of benzene rings is 2. The van der Waals surface area contributed by atoms with Crippen molar-refractivity contribution < 1.29 is 14.2 Å². The van der Waals surface area contributed by atoms with Gasteiger partial charge < -0.3 is 19.2 Å². The van der Waals surface area contributed by atoms with Gasteiger partial charge in [-0.25, -0.2) is 4.98 Å². The Hall–Kier alpha value is -2.21. The number of H-pyrrole nitrogens is 1. The summed E-state index contributed by atoms with van der Waals surface area (Å²) in [4.78, 5) is 7.91. The normalized spacial score (nSPS) is 10.7. The molecular formula is C16H15BrN2O3. The maximum absolute atomic E-state index is 5.41. The van der Waals surface area contributed by atoms with E-state index in [9.17, 15) is 0 Å². The number of nitrogens with one attached hydrogen (secondary N) is 1. The van der Waals surface area contributed by atoms with Crippen LogP contribution in [0.3, 0.4) is 0 Å². The van der Waals surface area contributed by atoms with Gasteiger partial charge in [0.05, 0.1) is 36.8 Å². The SMILES string of the molecule is COc1ccc2nc(-c3ccc(OC)c(OC)c3Br)[nH]c2c1. The molecule has 0 radical (unpaired) electrons. The third kappa shape index (κ3) is 2.39. The molecule has 0 atom stereocenters. The van der Waals surface area contributed by atoms with Crippen LogP contribution >= 0.6 is 15.9 Å². The lowest BCUT2D eigenvalue weighted by Gasteiger charge is -2.11. The second-order valence-electron chi connectivity index (χ2n) is 4.63. The summed E-state index contributed by atoms with van der Waals surface area (Å²) in [6, 6.07) is 9.51. The van der Waals surface area contributed by atoms with Crippen LogP contribution in [0.1, 0.15) is 0 Å². The van der Waals surface area contributed by atoms with Crippen molar-refractivity contribution in [3.05, 3.63) is 34.8 Å². The number of aromatic amines is 1. The Morgan fingerprint density at radius 1 is 1.00 bits per heavy atom. The second-order valence-corrected chi connectivity index (χ2v) is 5.42. The van der Waals surface area contributed by atoms with Gasteiger partial charge in [0.15, 0.2) is 11.5 Å². The quantitative estimate of drug-likeness (QED) is 0.761. The van der Waals surface area contributed by atoms with E-state index in [4.69, 9.17) is 14.2 Å². The fraction of sp³-hybridized carbons (Fsp3) is 0.188. The zero-order valence-electron chi connectivity index (χ0n) is 12.4. The Balaban J connectivity index is 2.15. The molecule has 0 aliphatic rings. The van der Waals surface area contributed by atoms with Crippen molar-refractivity contribution in [1.82, 2.24) is 9.97 Å². The van der Waals surface area contributed by atoms with E-state index in [2.05, 4.69) is 25.9 Å². The molecule has 0 aliphatic carbocycles. The molecule has 1 aromatic heterocycles. The lowest BCUT2D eigenvalue weighted by atomic mass is 10.2. The number of imidazole rings is 1. The molecule has 0 saturated carbocycles. The highest BCUT2D eigenvalue weighted by Crippen LogP contribution is 2.41. The van der Waals surface area contributed by atoms with Crippen LogP contribution in [0.15, 0.2) is 34.8 Å². The van der Waals surface area contributed by atoms with Gasteiger partial charge in [-0.2, -0.15) is 0 Å². The lowest BCUT2D eigenvalue weighted by Crippen LogP contribution is -1.93. The Morgan fingerprint density at radius 2 is 1.82 bits per heavy atom. The van der Waals surface area contributed by atoms with Crippen LogP contribution in [0.25, 0.3) is 22.4 Å². The van der Waals surface area contributed by atoms with E-state index >= 15 is 0 Å². The molecule has 0 amide bonds. The van der Waals surface area contributed by atoms with Crippen LogP contribution in [0.4, 0.5) is 0 Å². The topological polar surface area (TPSA) is 56.4 Å². The van der Waals surface area contributed by atoms with Crippen molar-refractivity contribution in [3.8, 4) is 28.6 Å². The van der Waals surface area contributed by atoms with Gasteiger partial charge in [-0.05, 0) is 40.2 Å². The Morgan fingerprint density at radius 3 is 2.50 bits per heavy atom. The minimum atomic E-state index is 0.637. The van der Waals surface area contributed by atoms with Crippen LogP contribution in [0.5, 0.6) is 17.2 Å². The minimum absolute atomic E-state index is 0.637. The van der Waals surface area contributed by atoms with Gasteiger partial charge in [0.1, 0.15) is 11.6 Å². The first-order valence-corrected chi connectivity index (χ1v) is 7.42. The molecule has 0 saturated heterocycles. The third-order valence-electron chi connectivity index (χ3n) is 3.43. The molecule has 0 bridgehead atoms. The standard InChI is InChI=1S/C16H15BrN2O3/c1-20-9-4-6-11-12(8-9)19-16(18-11)10-5-7-13(21-2)15(22-3)14(10)17/h4-8H,1-3H3,(H,18,19). The van der Waals surface area contributed by atoms with E-state index in [-0.39, 0.29) is 0 Å². The summed E-state index contributed by atoms with van der Waals surface area (Å²) in [5.74, 6) is 2.83. The summed E-state index contributed by atoms with van der Waals surface area (Å²) in [6.07, 6.45) is 0. The van der Waals surface area contributed by atoms with Crippen molar-refractivity contribution in [2.45, 2.75) is 0 Å². The summed E-state index contributed by atoms with van der Waals surface area (Å²) in [5, 5.41) is 0. The number of hydrogen-bond donors (Lipinski definition) is 1. The van der Waals surface area contributed by atoms with Gasteiger partial charge >= 0.3 is 0 Å². The predicted octanol–water partition coefficient (Wildman–Crippen LogP) is 4.02. The number of fused-ring (bicyclic) bond motifs is 1. The largest absolute Gasteiger partial charge is 0.497 e. The molecule has 114 valence electrons. The fourth-order valence-corrected chi connectivity index (χ4v) is 2.99. The molecule has 1 N–H and O–H groups in total. The highest BCUT2D eigenvalue weighted by Gasteiger charge is 2.16. The summed E-state index contributed by atoms with van der Waals surface area (Å²) >= 11 is 3.57. The number of methoxy groups -OCH3 is 3. The number of ether oxygens (including phenoxy) is 3. The molecule has 2 aromatic carbocycles. The number of rotatable bonds is 4. The van der Waals surface area contributed by atoms with Crippen LogP contribution < -0.4 is 14.2 Å². The average molecular weight is 363 g/mol. The fourth-order valence-electron chi connectivity index (χ4n) is 2.32. The van der Waals surface area contributed by atoms with Crippen LogP contribution in [0, 0.1) is 0 Å². The number of aromatic nitrogens is 2. The molecular weight excluding hydrogens is 348 g/mol. The van der Waals surface area contributed by atoms with Crippen molar-refractivity contribution in [2.24, 2.45) is 0 Å². The van der Waals surface area contributed by atoms with Gasteiger partial charge in [-0.3, -0.25) is 0 Å². The van der Waals surface area contributed by atoms with Gasteiger partial charge in [-0.1, -0.05) is 0 Å². The maximum atomic E-state index is 5.41. The van der Waals surface area contributed by atoms with Crippen LogP contribution in [0.2, 0.25) is 0 Å². The molecule has 0 aliphatic heterocycles.